The smallest absolute Gasteiger partial charge is 0.220 e. The molecular weight excluding hydrogens is 546 g/mol. The number of ether oxygens (including phenoxy) is 1. The molecule has 5 rings (SSSR count). The van der Waals surface area contributed by atoms with Gasteiger partial charge >= 0.3 is 0 Å². The number of hydrogen-bond acceptors (Lipinski definition) is 4. The highest BCUT2D eigenvalue weighted by molar-refractivity contribution is 9.11. The predicted octanol–water partition coefficient (Wildman–Crippen LogP) is 7.75. The van der Waals surface area contributed by atoms with Gasteiger partial charge in [0.05, 0.1) is 22.0 Å². The number of hydrogen-bond donors (Lipinski definition) is 2. The van der Waals surface area contributed by atoms with Crippen molar-refractivity contribution in [1.29, 1.82) is 0 Å². The van der Waals surface area contributed by atoms with Crippen molar-refractivity contribution in [2.45, 2.75) is 110 Å². The molecule has 4 aliphatic rings. The van der Waals surface area contributed by atoms with Gasteiger partial charge in [0.2, 0.25) is 5.91 Å². The minimum absolute atomic E-state index is 0.0950. The highest BCUT2D eigenvalue weighted by atomic mass is 79.9. The summed E-state index contributed by atoms with van der Waals surface area (Å²) < 4.78 is 6.87. The van der Waals surface area contributed by atoms with E-state index in [1.807, 2.05) is 7.11 Å². The van der Waals surface area contributed by atoms with Crippen molar-refractivity contribution in [3.8, 4) is 0 Å². The summed E-state index contributed by atoms with van der Waals surface area (Å²) >= 11 is 5.27. The average molecular weight is 595 g/mol. The summed E-state index contributed by atoms with van der Waals surface area (Å²) in [4.78, 5) is 14.4. The third-order valence-electron chi connectivity index (χ3n) is 11.9. The summed E-state index contributed by atoms with van der Waals surface area (Å²) in [6.07, 6.45) is 11.1. The van der Waals surface area contributed by atoms with Gasteiger partial charge in [0, 0.05) is 18.4 Å². The molecule has 208 valence electrons. The van der Waals surface area contributed by atoms with Gasteiger partial charge in [-0.2, -0.15) is 0 Å². The Hall–Kier alpha value is -0.430. The van der Waals surface area contributed by atoms with Crippen LogP contribution in [0.2, 0.25) is 0 Å². The average Bonchev–Trinajstić information content (AvgIpc) is 3.45. The van der Waals surface area contributed by atoms with Crippen molar-refractivity contribution in [3.05, 3.63) is 20.8 Å². The summed E-state index contributed by atoms with van der Waals surface area (Å²) in [6.45, 7) is 9.52. The van der Waals surface area contributed by atoms with E-state index in [0.29, 0.717) is 53.4 Å². The van der Waals surface area contributed by atoms with Gasteiger partial charge in [-0.1, -0.05) is 27.7 Å². The Morgan fingerprint density at radius 2 is 1.89 bits per heavy atom. The molecule has 4 fully saturated rings. The lowest BCUT2D eigenvalue weighted by Gasteiger charge is -2.62. The second-order valence-corrected chi connectivity index (χ2v) is 16.0. The highest BCUT2D eigenvalue weighted by Gasteiger charge is 2.63. The molecule has 1 aromatic heterocycles. The standard InChI is InChI=1S/C31H48BrNO3S/c1-6-24(26-9-10-27(32)37-26)33-28(35)15-18(2)21-7-8-22-29-23(12-14-31(21,22)4)30(3)13-11-20(36-5)16-19(30)17-25(29)34/h9-10,18-25,29,34H,6-8,11-17H2,1-5H3,(H,33,35)/t18-,19+,20-,21-,22+,23+,24-,25-,29+,30+,31-/m1/s1. The van der Waals surface area contributed by atoms with Gasteiger partial charge in [0.25, 0.3) is 0 Å². The van der Waals surface area contributed by atoms with Gasteiger partial charge in [-0.05, 0) is 132 Å². The maximum atomic E-state index is 13.2. The van der Waals surface area contributed by atoms with E-state index in [9.17, 15) is 9.90 Å². The zero-order valence-electron chi connectivity index (χ0n) is 23.5. The number of nitrogens with one attached hydrogen (secondary N) is 1. The summed E-state index contributed by atoms with van der Waals surface area (Å²) in [5.41, 5.74) is 0.577. The lowest BCUT2D eigenvalue weighted by atomic mass is 9.43. The first-order valence-electron chi connectivity index (χ1n) is 14.9. The second kappa shape index (κ2) is 10.9. The number of carbonyl (C=O) groups is 1. The molecule has 0 saturated heterocycles. The van der Waals surface area contributed by atoms with Crippen LogP contribution in [0.4, 0.5) is 0 Å². The largest absolute Gasteiger partial charge is 0.393 e. The van der Waals surface area contributed by atoms with Crippen LogP contribution < -0.4 is 5.32 Å². The third-order valence-corrected chi connectivity index (χ3v) is 13.7. The Balaban J connectivity index is 1.26. The zero-order valence-corrected chi connectivity index (χ0v) is 25.9. The maximum absolute atomic E-state index is 13.2. The molecule has 0 unspecified atom stereocenters. The first-order chi connectivity index (χ1) is 17.6. The van der Waals surface area contributed by atoms with E-state index >= 15 is 0 Å². The van der Waals surface area contributed by atoms with E-state index in [4.69, 9.17) is 4.74 Å². The molecule has 0 aliphatic heterocycles. The molecule has 1 heterocycles. The number of carbonyl (C=O) groups excluding carboxylic acids is 1. The van der Waals surface area contributed by atoms with Crippen LogP contribution in [0.5, 0.6) is 0 Å². The number of rotatable bonds is 7. The van der Waals surface area contributed by atoms with Crippen molar-refractivity contribution in [1.82, 2.24) is 5.32 Å². The van der Waals surface area contributed by atoms with Crippen LogP contribution in [0.15, 0.2) is 15.9 Å². The molecule has 0 radical (unpaired) electrons. The van der Waals surface area contributed by atoms with Crippen LogP contribution in [0, 0.1) is 46.3 Å². The van der Waals surface area contributed by atoms with Crippen LogP contribution in [0.25, 0.3) is 0 Å². The van der Waals surface area contributed by atoms with E-state index < -0.39 is 0 Å². The van der Waals surface area contributed by atoms with E-state index in [2.05, 4.69) is 61.1 Å². The van der Waals surface area contributed by atoms with Crippen molar-refractivity contribution < 1.29 is 14.6 Å². The molecule has 2 N–H and O–H groups in total. The zero-order chi connectivity index (χ0) is 26.5. The van der Waals surface area contributed by atoms with Crippen LogP contribution in [-0.2, 0) is 9.53 Å². The molecule has 11 atom stereocenters. The molecule has 0 aromatic carbocycles. The molecule has 4 saturated carbocycles. The molecule has 0 bridgehead atoms. The fourth-order valence-corrected chi connectivity index (χ4v) is 11.5. The Labute approximate surface area is 236 Å². The quantitative estimate of drug-likeness (QED) is 0.340. The number of fused-ring (bicyclic) bond motifs is 5. The number of aliphatic hydroxyl groups is 1. The van der Waals surface area contributed by atoms with Crippen molar-refractivity contribution in [2.75, 3.05) is 7.11 Å². The van der Waals surface area contributed by atoms with Gasteiger partial charge in [0.15, 0.2) is 0 Å². The maximum Gasteiger partial charge on any atom is 0.220 e. The van der Waals surface area contributed by atoms with Gasteiger partial charge in [-0.15, -0.1) is 11.3 Å². The van der Waals surface area contributed by atoms with Crippen LogP contribution >= 0.6 is 27.3 Å². The van der Waals surface area contributed by atoms with E-state index in [1.54, 1.807) is 11.3 Å². The monoisotopic (exact) mass is 593 g/mol. The highest BCUT2D eigenvalue weighted by Crippen LogP contribution is 2.68. The number of aliphatic hydroxyl groups excluding tert-OH is 1. The van der Waals surface area contributed by atoms with Crippen molar-refractivity contribution in [2.24, 2.45) is 46.3 Å². The molecular formula is C31H48BrNO3S. The molecule has 1 aromatic rings. The van der Waals surface area contributed by atoms with Gasteiger partial charge in [-0.3, -0.25) is 4.79 Å². The van der Waals surface area contributed by atoms with E-state index in [1.165, 1.54) is 43.4 Å². The van der Waals surface area contributed by atoms with Crippen LogP contribution in [0.3, 0.4) is 0 Å². The van der Waals surface area contributed by atoms with Crippen molar-refractivity contribution >= 4 is 33.2 Å². The number of halogens is 1. The van der Waals surface area contributed by atoms with Gasteiger partial charge in [0.1, 0.15) is 0 Å². The molecule has 4 nitrogen and oxygen atoms in total. The lowest BCUT2D eigenvalue weighted by Crippen LogP contribution is -2.58. The second-order valence-electron chi connectivity index (χ2n) is 13.5. The molecule has 6 heteroatoms. The van der Waals surface area contributed by atoms with Crippen LogP contribution in [-0.4, -0.2) is 30.3 Å². The predicted molar refractivity (Wildman–Crippen MR) is 154 cm³/mol. The normalized spacial score (nSPS) is 42.8. The van der Waals surface area contributed by atoms with E-state index in [-0.39, 0.29) is 23.5 Å². The Kier molecular flexibility index (Phi) is 8.25. The minimum atomic E-state index is -0.184. The summed E-state index contributed by atoms with van der Waals surface area (Å²) in [5.74, 6) is 3.33. The number of amides is 1. The topological polar surface area (TPSA) is 58.6 Å². The Bertz CT molecular complexity index is 968. The fraction of sp³-hybridized carbons (Fsp3) is 0.839. The van der Waals surface area contributed by atoms with Gasteiger partial charge < -0.3 is 15.2 Å². The fourth-order valence-electron chi connectivity index (χ4n) is 9.95. The molecule has 0 spiro atoms. The lowest BCUT2D eigenvalue weighted by molar-refractivity contribution is -0.176. The SMILES string of the molecule is CC[C@@H](NC(=O)C[C@@H](C)[C@H]1CC[C@H]2[C@@H]3[C@H](O)C[C@@H]4C[C@H](OC)CC[C@]4(C)[C@H]3CC[C@]12C)c1ccc(Br)s1. The first-order valence-corrected chi connectivity index (χ1v) is 16.5. The Morgan fingerprint density at radius 1 is 1.16 bits per heavy atom. The molecule has 4 aliphatic carbocycles. The first kappa shape index (κ1) is 28.1. The van der Waals surface area contributed by atoms with Crippen molar-refractivity contribution in [3.63, 3.8) is 0 Å². The van der Waals surface area contributed by atoms with E-state index in [0.717, 1.165) is 23.0 Å². The molecule has 37 heavy (non-hydrogen) atoms. The summed E-state index contributed by atoms with van der Waals surface area (Å²) in [5, 5.41) is 14.9. The van der Waals surface area contributed by atoms with Gasteiger partial charge in [-0.25, -0.2) is 0 Å². The summed E-state index contributed by atoms with van der Waals surface area (Å²) in [7, 11) is 1.85. The number of methoxy groups -OCH3 is 1. The minimum Gasteiger partial charge on any atom is -0.393 e. The number of thiophene rings is 1. The third kappa shape index (κ3) is 5.00. The Morgan fingerprint density at radius 3 is 2.57 bits per heavy atom. The molecule has 1 amide bonds. The van der Waals surface area contributed by atoms with Crippen LogP contribution in [0.1, 0.15) is 103 Å². The summed E-state index contributed by atoms with van der Waals surface area (Å²) in [6, 6.07) is 4.28.